The number of carbonyl (C=O) groups is 1. The van der Waals surface area contributed by atoms with E-state index >= 15 is 0 Å². The highest BCUT2D eigenvalue weighted by Crippen LogP contribution is 2.34. The first-order valence-electron chi connectivity index (χ1n) is 10.6. The lowest BCUT2D eigenvalue weighted by Gasteiger charge is -2.24. The van der Waals surface area contributed by atoms with Gasteiger partial charge in [0.15, 0.2) is 5.69 Å². The van der Waals surface area contributed by atoms with Crippen LogP contribution in [-0.4, -0.2) is 40.7 Å². The van der Waals surface area contributed by atoms with Gasteiger partial charge in [-0.1, -0.05) is 35.9 Å². The third kappa shape index (κ3) is 4.35. The number of para-hydroxylation sites is 1. The molecule has 2 aromatic carbocycles. The van der Waals surface area contributed by atoms with Crippen LogP contribution in [-0.2, 0) is 12.7 Å². The Labute approximate surface area is 185 Å². The third-order valence-corrected chi connectivity index (χ3v) is 5.74. The molecular formula is C24H25F3N4O. The summed E-state index contributed by atoms with van der Waals surface area (Å²) >= 11 is 0. The predicted molar refractivity (Wildman–Crippen MR) is 117 cm³/mol. The highest BCUT2D eigenvalue weighted by atomic mass is 19.4. The van der Waals surface area contributed by atoms with Crippen LogP contribution in [0.15, 0.2) is 54.7 Å². The lowest BCUT2D eigenvalue weighted by molar-refractivity contribution is -0.143. The molecular weight excluding hydrogens is 417 g/mol. The molecule has 0 spiro atoms. The van der Waals surface area contributed by atoms with Crippen molar-refractivity contribution in [1.82, 2.24) is 14.7 Å². The average molecular weight is 442 g/mol. The Morgan fingerprint density at radius 2 is 1.72 bits per heavy atom. The molecule has 0 N–H and O–H groups in total. The summed E-state index contributed by atoms with van der Waals surface area (Å²) in [7, 11) is 1.52. The van der Waals surface area contributed by atoms with Gasteiger partial charge < -0.3 is 9.80 Å². The number of aromatic nitrogens is 2. The molecule has 1 aliphatic heterocycles. The van der Waals surface area contributed by atoms with Crippen LogP contribution in [0, 0.1) is 6.92 Å². The highest BCUT2D eigenvalue weighted by Gasteiger charge is 2.41. The number of rotatable bonds is 5. The highest BCUT2D eigenvalue weighted by molar-refractivity contribution is 5.95. The van der Waals surface area contributed by atoms with E-state index < -0.39 is 23.3 Å². The number of hydrogen-bond donors (Lipinski definition) is 0. The molecule has 1 fully saturated rings. The van der Waals surface area contributed by atoms with Gasteiger partial charge in [0.2, 0.25) is 0 Å². The Morgan fingerprint density at radius 3 is 2.38 bits per heavy atom. The maximum absolute atomic E-state index is 14.0. The summed E-state index contributed by atoms with van der Waals surface area (Å²) < 4.78 is 42.8. The van der Waals surface area contributed by atoms with Crippen LogP contribution < -0.4 is 4.90 Å². The number of hydrogen-bond acceptors (Lipinski definition) is 3. The zero-order valence-electron chi connectivity index (χ0n) is 18.1. The number of nitrogens with zero attached hydrogens (tertiary/aromatic N) is 4. The molecule has 2 heterocycles. The largest absolute Gasteiger partial charge is 0.434 e. The minimum Gasteiger partial charge on any atom is -0.371 e. The first kappa shape index (κ1) is 21.9. The van der Waals surface area contributed by atoms with Crippen molar-refractivity contribution in [2.45, 2.75) is 32.5 Å². The molecule has 1 aliphatic rings. The zero-order chi connectivity index (χ0) is 22.9. The molecule has 4 rings (SSSR count). The summed E-state index contributed by atoms with van der Waals surface area (Å²) in [5, 5.41) is 3.91. The number of aryl methyl sites for hydroxylation is 1. The van der Waals surface area contributed by atoms with Gasteiger partial charge in [-0.05, 0) is 43.5 Å². The molecule has 0 radical (unpaired) electrons. The summed E-state index contributed by atoms with van der Waals surface area (Å²) in [6.07, 6.45) is -1.51. The second kappa shape index (κ2) is 8.68. The van der Waals surface area contributed by atoms with Crippen molar-refractivity contribution in [3.05, 3.63) is 77.1 Å². The van der Waals surface area contributed by atoms with Crippen molar-refractivity contribution in [3.63, 3.8) is 0 Å². The average Bonchev–Trinajstić information content (AvgIpc) is 3.44. The van der Waals surface area contributed by atoms with Gasteiger partial charge in [-0.15, -0.1) is 0 Å². The molecule has 3 aromatic rings. The van der Waals surface area contributed by atoms with Crippen molar-refractivity contribution in [1.29, 1.82) is 0 Å². The summed E-state index contributed by atoms with van der Waals surface area (Å²) in [6, 6.07) is 14.3. The Bertz CT molecular complexity index is 1100. The van der Waals surface area contributed by atoms with E-state index in [-0.39, 0.29) is 12.2 Å². The second-order valence-electron chi connectivity index (χ2n) is 8.14. The normalized spacial score (nSPS) is 14.1. The quantitative estimate of drug-likeness (QED) is 0.554. The van der Waals surface area contributed by atoms with Crippen LogP contribution in [0.1, 0.15) is 40.0 Å². The lowest BCUT2D eigenvalue weighted by Crippen LogP contribution is -2.30. The fourth-order valence-electron chi connectivity index (χ4n) is 4.10. The third-order valence-electron chi connectivity index (χ3n) is 5.74. The molecule has 5 nitrogen and oxygen atoms in total. The smallest absolute Gasteiger partial charge is 0.371 e. The molecule has 168 valence electrons. The Morgan fingerprint density at radius 1 is 1.06 bits per heavy atom. The van der Waals surface area contributed by atoms with Gasteiger partial charge in [0.1, 0.15) is 0 Å². The molecule has 1 amide bonds. The molecule has 0 unspecified atom stereocenters. The lowest BCUT2D eigenvalue weighted by atomic mass is 10.1. The molecule has 0 aliphatic carbocycles. The van der Waals surface area contributed by atoms with Gasteiger partial charge >= 0.3 is 6.18 Å². The van der Waals surface area contributed by atoms with Crippen LogP contribution in [0.3, 0.4) is 0 Å². The van der Waals surface area contributed by atoms with Crippen molar-refractivity contribution in [3.8, 4) is 5.69 Å². The van der Waals surface area contributed by atoms with Crippen molar-refractivity contribution in [2.75, 3.05) is 25.0 Å². The zero-order valence-corrected chi connectivity index (χ0v) is 18.1. The Balaban J connectivity index is 1.64. The predicted octanol–water partition coefficient (Wildman–Crippen LogP) is 5.07. The summed E-state index contributed by atoms with van der Waals surface area (Å²) in [5.74, 6) is -0.716. The van der Waals surface area contributed by atoms with E-state index in [1.165, 1.54) is 11.9 Å². The molecule has 8 heteroatoms. The number of anilines is 1. The molecule has 1 aromatic heterocycles. The van der Waals surface area contributed by atoms with E-state index in [4.69, 9.17) is 0 Å². The van der Waals surface area contributed by atoms with Crippen molar-refractivity contribution >= 4 is 11.6 Å². The van der Waals surface area contributed by atoms with E-state index in [9.17, 15) is 18.0 Å². The number of amides is 1. The van der Waals surface area contributed by atoms with Gasteiger partial charge in [-0.25, -0.2) is 4.68 Å². The van der Waals surface area contributed by atoms with Gasteiger partial charge in [-0.3, -0.25) is 4.79 Å². The number of alkyl halides is 3. The molecule has 1 saturated heterocycles. The van der Waals surface area contributed by atoms with Crippen LogP contribution in [0.5, 0.6) is 0 Å². The molecule has 32 heavy (non-hydrogen) atoms. The SMILES string of the molecule is Cc1ccc(-n2ncc(C(=O)N(C)Cc3ccccc3N3CCCC3)c2C(F)(F)F)cc1. The van der Waals surface area contributed by atoms with Gasteiger partial charge in [0.25, 0.3) is 5.91 Å². The van der Waals surface area contributed by atoms with E-state index in [2.05, 4.69) is 10.00 Å². The monoisotopic (exact) mass is 442 g/mol. The minimum atomic E-state index is -4.74. The van der Waals surface area contributed by atoms with E-state index in [0.29, 0.717) is 0 Å². The number of halogens is 3. The van der Waals surface area contributed by atoms with Gasteiger partial charge in [0, 0.05) is 32.4 Å². The topological polar surface area (TPSA) is 41.4 Å². The maximum atomic E-state index is 14.0. The number of benzene rings is 2. The molecule has 0 atom stereocenters. The van der Waals surface area contributed by atoms with E-state index in [0.717, 1.165) is 53.6 Å². The second-order valence-corrected chi connectivity index (χ2v) is 8.14. The van der Waals surface area contributed by atoms with Crippen LogP contribution in [0.25, 0.3) is 5.69 Å². The van der Waals surface area contributed by atoms with E-state index in [1.807, 2.05) is 31.2 Å². The van der Waals surface area contributed by atoms with E-state index in [1.54, 1.807) is 24.3 Å². The van der Waals surface area contributed by atoms with Gasteiger partial charge in [0.05, 0.1) is 17.4 Å². The van der Waals surface area contributed by atoms with Crippen LogP contribution >= 0.6 is 0 Å². The fourth-order valence-corrected chi connectivity index (χ4v) is 4.10. The fraction of sp³-hybridized carbons (Fsp3) is 0.333. The summed E-state index contributed by atoms with van der Waals surface area (Å²) in [4.78, 5) is 16.7. The van der Waals surface area contributed by atoms with Crippen LogP contribution in [0.2, 0.25) is 0 Å². The minimum absolute atomic E-state index is 0.207. The van der Waals surface area contributed by atoms with Crippen LogP contribution in [0.4, 0.5) is 18.9 Å². The summed E-state index contributed by atoms with van der Waals surface area (Å²) in [5.41, 5.74) is 1.58. The molecule has 0 bridgehead atoms. The number of carbonyl (C=O) groups excluding carboxylic acids is 1. The van der Waals surface area contributed by atoms with Gasteiger partial charge in [-0.2, -0.15) is 18.3 Å². The first-order chi connectivity index (χ1) is 15.3. The Hall–Kier alpha value is -3.29. The molecule has 0 saturated carbocycles. The standard InChI is InChI=1S/C24H25F3N4O/c1-17-9-11-19(12-10-17)31-22(24(25,26)27)20(15-28-31)23(32)29(2)16-18-7-3-4-8-21(18)30-13-5-6-14-30/h3-4,7-12,15H,5-6,13-14,16H2,1-2H3. The van der Waals surface area contributed by atoms with Crippen molar-refractivity contribution in [2.24, 2.45) is 0 Å². The summed E-state index contributed by atoms with van der Waals surface area (Å²) in [6.45, 7) is 3.94. The Kier molecular flexibility index (Phi) is 5.95. The first-order valence-corrected chi connectivity index (χ1v) is 10.6. The maximum Gasteiger partial charge on any atom is 0.434 e. The van der Waals surface area contributed by atoms with Crippen molar-refractivity contribution < 1.29 is 18.0 Å².